The van der Waals surface area contributed by atoms with Crippen LogP contribution in [0.1, 0.15) is 43.2 Å². The Morgan fingerprint density at radius 3 is 2.86 bits per heavy atom. The number of ether oxygens (including phenoxy) is 1. The van der Waals surface area contributed by atoms with Gasteiger partial charge in [0.25, 0.3) is 0 Å². The van der Waals surface area contributed by atoms with E-state index in [1.807, 2.05) is 18.2 Å². The molecule has 0 bridgehead atoms. The van der Waals surface area contributed by atoms with Gasteiger partial charge in [0.2, 0.25) is 0 Å². The van der Waals surface area contributed by atoms with E-state index in [1.165, 1.54) is 48.6 Å². The van der Waals surface area contributed by atoms with E-state index < -0.39 is 0 Å². The Labute approximate surface area is 136 Å². The van der Waals surface area contributed by atoms with Crippen LogP contribution in [0.5, 0.6) is 5.75 Å². The second-order valence-electron chi connectivity index (χ2n) is 6.51. The minimum atomic E-state index is 0.561. The van der Waals surface area contributed by atoms with Crippen molar-refractivity contribution in [3.05, 3.63) is 34.5 Å². The molecule has 0 unspecified atom stereocenters. The molecule has 2 heterocycles. The summed E-state index contributed by atoms with van der Waals surface area (Å²) in [4.78, 5) is 6.97. The number of nitrogens with zero attached hydrogens (tertiary/aromatic N) is 2. The molecule has 1 aromatic carbocycles. The Morgan fingerprint density at radius 1 is 1.23 bits per heavy atom. The van der Waals surface area contributed by atoms with Crippen LogP contribution < -0.4 is 4.74 Å². The average molecular weight is 317 g/mol. The molecule has 2 aliphatic rings. The summed E-state index contributed by atoms with van der Waals surface area (Å²) < 4.78 is 6.05. The lowest BCUT2D eigenvalue weighted by molar-refractivity contribution is 0.0410. The highest BCUT2D eigenvalue weighted by Gasteiger charge is 2.27. The Hall–Kier alpha value is -1.32. The summed E-state index contributed by atoms with van der Waals surface area (Å²) in [7, 11) is 0. The highest BCUT2D eigenvalue weighted by atomic mass is 35.5. The summed E-state index contributed by atoms with van der Waals surface area (Å²) in [6, 6.07) is 6.67. The molecule has 0 atom stereocenters. The molecule has 1 aliphatic carbocycles. The maximum atomic E-state index is 6.10. The fourth-order valence-corrected chi connectivity index (χ4v) is 4.18. The summed E-state index contributed by atoms with van der Waals surface area (Å²) in [6.45, 7) is 3.78. The zero-order valence-electron chi connectivity index (χ0n) is 12.9. The van der Waals surface area contributed by atoms with Crippen molar-refractivity contribution in [2.24, 2.45) is 0 Å². The topological polar surface area (TPSA) is 25.4 Å². The number of hydrogen-bond acceptors (Lipinski definition) is 3. The highest BCUT2D eigenvalue weighted by molar-refractivity contribution is 6.30. The zero-order valence-corrected chi connectivity index (χ0v) is 13.7. The maximum Gasteiger partial charge on any atom is 0.142 e. The summed E-state index contributed by atoms with van der Waals surface area (Å²) in [5.41, 5.74) is 3.43. The van der Waals surface area contributed by atoms with Gasteiger partial charge in [0.1, 0.15) is 17.6 Å². The Bertz CT molecular complexity index is 710. The van der Waals surface area contributed by atoms with Crippen molar-refractivity contribution in [1.29, 1.82) is 0 Å². The second kappa shape index (κ2) is 5.71. The molecule has 0 amide bonds. The van der Waals surface area contributed by atoms with E-state index in [0.29, 0.717) is 17.9 Å². The quantitative estimate of drug-likeness (QED) is 0.714. The number of benzene rings is 1. The lowest BCUT2D eigenvalue weighted by Crippen LogP contribution is -2.41. The van der Waals surface area contributed by atoms with E-state index in [0.717, 1.165) is 17.8 Å². The smallest absolute Gasteiger partial charge is 0.142 e. The molecule has 4 rings (SSSR count). The molecule has 0 spiro atoms. The molecule has 2 aromatic rings. The first kappa shape index (κ1) is 14.3. The van der Waals surface area contributed by atoms with E-state index in [4.69, 9.17) is 16.3 Å². The Morgan fingerprint density at radius 2 is 2.05 bits per heavy atom. The second-order valence-corrected chi connectivity index (χ2v) is 6.90. The van der Waals surface area contributed by atoms with Gasteiger partial charge in [-0.05, 0) is 43.5 Å². The van der Waals surface area contributed by atoms with E-state index >= 15 is 0 Å². The van der Waals surface area contributed by atoms with Crippen LogP contribution in [0.15, 0.2) is 18.2 Å². The number of halogens is 1. The van der Waals surface area contributed by atoms with Crippen LogP contribution in [-0.4, -0.2) is 22.7 Å². The van der Waals surface area contributed by atoms with Crippen molar-refractivity contribution < 1.29 is 4.74 Å². The number of aryl methyl sites for hydroxylation is 1. The first-order chi connectivity index (χ1) is 10.7. The van der Waals surface area contributed by atoms with Crippen molar-refractivity contribution in [2.75, 3.05) is 6.73 Å². The van der Waals surface area contributed by atoms with Crippen molar-refractivity contribution in [3.8, 4) is 5.75 Å². The lowest BCUT2D eigenvalue weighted by atomic mass is 9.93. The molecule has 1 fully saturated rings. The van der Waals surface area contributed by atoms with Crippen molar-refractivity contribution in [1.82, 2.24) is 9.88 Å². The highest BCUT2D eigenvalue weighted by Crippen LogP contribution is 2.36. The summed E-state index contributed by atoms with van der Waals surface area (Å²) >= 11 is 6.10. The van der Waals surface area contributed by atoms with E-state index in [-0.39, 0.29) is 0 Å². The maximum absolute atomic E-state index is 6.10. The monoisotopic (exact) mass is 316 g/mol. The molecular weight excluding hydrogens is 296 g/mol. The number of pyridine rings is 1. The van der Waals surface area contributed by atoms with E-state index in [2.05, 4.69) is 16.8 Å². The molecule has 1 aromatic heterocycles. The molecule has 116 valence electrons. The van der Waals surface area contributed by atoms with Crippen molar-refractivity contribution in [3.63, 3.8) is 0 Å². The van der Waals surface area contributed by atoms with Crippen LogP contribution in [0, 0.1) is 6.92 Å². The van der Waals surface area contributed by atoms with Crippen LogP contribution in [0.3, 0.4) is 0 Å². The fourth-order valence-electron chi connectivity index (χ4n) is 3.92. The third-order valence-electron chi connectivity index (χ3n) is 5.04. The Kier molecular flexibility index (Phi) is 3.71. The third kappa shape index (κ3) is 2.46. The standard InChI is InChI=1S/C18H21ClN2O/c1-12-9-17(19)20-15-7-8-16-14(18(12)15)10-21(11-22-16)13-5-3-2-4-6-13/h7-9,13H,2-6,10-11H2,1H3. The van der Waals surface area contributed by atoms with E-state index in [1.54, 1.807) is 0 Å². The molecule has 1 aliphatic heterocycles. The molecule has 1 saturated carbocycles. The van der Waals surface area contributed by atoms with Crippen LogP contribution in [0.4, 0.5) is 0 Å². The average Bonchev–Trinajstić information content (AvgIpc) is 2.54. The number of hydrogen-bond donors (Lipinski definition) is 0. The van der Waals surface area contributed by atoms with Crippen LogP contribution in [-0.2, 0) is 6.54 Å². The minimum Gasteiger partial charge on any atom is -0.478 e. The number of aromatic nitrogens is 1. The lowest BCUT2D eigenvalue weighted by Gasteiger charge is -2.37. The first-order valence-electron chi connectivity index (χ1n) is 8.18. The largest absolute Gasteiger partial charge is 0.478 e. The molecular formula is C18H21ClN2O. The number of fused-ring (bicyclic) bond motifs is 3. The van der Waals surface area contributed by atoms with Gasteiger partial charge in [-0.15, -0.1) is 0 Å². The van der Waals surface area contributed by atoms with Crippen molar-refractivity contribution in [2.45, 2.75) is 51.6 Å². The van der Waals surface area contributed by atoms with E-state index in [9.17, 15) is 0 Å². The molecule has 0 saturated heterocycles. The van der Waals surface area contributed by atoms with Crippen molar-refractivity contribution >= 4 is 22.5 Å². The van der Waals surface area contributed by atoms with Gasteiger partial charge >= 0.3 is 0 Å². The van der Waals surface area contributed by atoms with Gasteiger partial charge in [-0.25, -0.2) is 4.98 Å². The first-order valence-corrected chi connectivity index (χ1v) is 8.56. The molecule has 4 heteroatoms. The van der Waals surface area contributed by atoms with Gasteiger partial charge in [-0.3, -0.25) is 4.90 Å². The van der Waals surface area contributed by atoms with Gasteiger partial charge in [0.05, 0.1) is 5.52 Å². The summed E-state index contributed by atoms with van der Waals surface area (Å²) in [6.07, 6.45) is 6.67. The van der Waals surface area contributed by atoms with Gasteiger partial charge in [-0.2, -0.15) is 0 Å². The van der Waals surface area contributed by atoms with Gasteiger partial charge < -0.3 is 4.74 Å². The predicted molar refractivity (Wildman–Crippen MR) is 89.4 cm³/mol. The normalized spacial score (nSPS) is 19.9. The van der Waals surface area contributed by atoms with Crippen LogP contribution in [0.25, 0.3) is 10.9 Å². The Balaban J connectivity index is 1.74. The molecule has 0 radical (unpaired) electrons. The van der Waals surface area contributed by atoms with Crippen LogP contribution >= 0.6 is 11.6 Å². The van der Waals surface area contributed by atoms with Gasteiger partial charge in [-0.1, -0.05) is 30.9 Å². The number of rotatable bonds is 1. The summed E-state index contributed by atoms with van der Waals surface area (Å²) in [5, 5.41) is 1.77. The summed E-state index contributed by atoms with van der Waals surface area (Å²) in [5.74, 6) is 1.01. The predicted octanol–water partition coefficient (Wildman–Crippen LogP) is 4.68. The van der Waals surface area contributed by atoms with Crippen LogP contribution in [0.2, 0.25) is 5.15 Å². The molecule has 0 N–H and O–H groups in total. The van der Waals surface area contributed by atoms with Gasteiger partial charge in [0, 0.05) is 23.5 Å². The SMILES string of the molecule is Cc1cc(Cl)nc2ccc3c(c12)CN(C1CCCCC1)CO3. The molecule has 22 heavy (non-hydrogen) atoms. The molecule has 3 nitrogen and oxygen atoms in total. The minimum absolute atomic E-state index is 0.561. The third-order valence-corrected chi connectivity index (χ3v) is 5.24. The van der Waals surface area contributed by atoms with Gasteiger partial charge in [0.15, 0.2) is 0 Å². The fraction of sp³-hybridized carbons (Fsp3) is 0.500. The zero-order chi connectivity index (χ0) is 15.1.